The number of piperidine rings is 1. The fraction of sp³-hybridized carbons (Fsp3) is 0.421. The summed E-state index contributed by atoms with van der Waals surface area (Å²) in [6.45, 7) is 0.996. The van der Waals surface area contributed by atoms with Gasteiger partial charge < -0.3 is 5.11 Å². The molecule has 1 aromatic heterocycles. The van der Waals surface area contributed by atoms with Gasteiger partial charge >= 0.3 is 0 Å². The number of rotatable bonds is 5. The van der Waals surface area contributed by atoms with E-state index in [1.807, 2.05) is 42.5 Å². The first kappa shape index (κ1) is 19.0. The monoisotopic (exact) mass is 375 g/mol. The van der Waals surface area contributed by atoms with Crippen molar-refractivity contribution in [3.63, 3.8) is 0 Å². The van der Waals surface area contributed by atoms with Crippen LogP contribution >= 0.6 is 0 Å². The molecule has 26 heavy (non-hydrogen) atoms. The Bertz CT molecular complexity index is 868. The zero-order valence-corrected chi connectivity index (χ0v) is 16.0. The van der Waals surface area contributed by atoms with Gasteiger partial charge in [-0.25, -0.2) is 0 Å². The van der Waals surface area contributed by atoms with Gasteiger partial charge in [0.25, 0.3) is 10.2 Å². The molecule has 0 saturated carbocycles. The van der Waals surface area contributed by atoms with E-state index in [2.05, 4.69) is 0 Å². The second kappa shape index (κ2) is 7.84. The summed E-state index contributed by atoms with van der Waals surface area (Å²) in [5, 5.41) is 9.33. The molecular weight excluding hydrogens is 350 g/mol. The summed E-state index contributed by atoms with van der Waals surface area (Å²) in [6, 6.07) is 13.5. The van der Waals surface area contributed by atoms with Gasteiger partial charge in [-0.1, -0.05) is 24.3 Å². The Kier molecular flexibility index (Phi) is 5.72. The molecule has 0 radical (unpaired) electrons. The van der Waals surface area contributed by atoms with Crippen LogP contribution in [-0.2, 0) is 16.8 Å². The van der Waals surface area contributed by atoms with Gasteiger partial charge in [0.2, 0.25) is 0 Å². The van der Waals surface area contributed by atoms with Crippen molar-refractivity contribution in [3.8, 4) is 11.3 Å². The molecule has 1 fully saturated rings. The largest absolute Gasteiger partial charge is 0.392 e. The highest BCUT2D eigenvalue weighted by atomic mass is 32.2. The second-order valence-corrected chi connectivity index (χ2v) is 8.94. The molecule has 2 aromatic rings. The first-order valence-electron chi connectivity index (χ1n) is 8.76. The zero-order chi connectivity index (χ0) is 18.7. The molecule has 3 rings (SSSR count). The van der Waals surface area contributed by atoms with Gasteiger partial charge in [-0.3, -0.25) is 4.98 Å². The summed E-state index contributed by atoms with van der Waals surface area (Å²) < 4.78 is 27.7. The smallest absolute Gasteiger partial charge is 0.281 e. The Morgan fingerprint density at radius 2 is 2.00 bits per heavy atom. The normalized spacial score (nSPS) is 19.0. The van der Waals surface area contributed by atoms with Crippen molar-refractivity contribution < 1.29 is 13.5 Å². The van der Waals surface area contributed by atoms with E-state index in [1.165, 1.54) is 4.31 Å². The van der Waals surface area contributed by atoms with E-state index in [4.69, 9.17) is 4.98 Å². The second-order valence-electron chi connectivity index (χ2n) is 6.79. The third kappa shape index (κ3) is 3.96. The Hall–Kier alpha value is -1.80. The van der Waals surface area contributed by atoms with Crippen molar-refractivity contribution in [2.24, 2.45) is 0 Å². The highest BCUT2D eigenvalue weighted by molar-refractivity contribution is 7.86. The molecule has 1 atom stereocenters. The predicted molar refractivity (Wildman–Crippen MR) is 102 cm³/mol. The van der Waals surface area contributed by atoms with Crippen LogP contribution in [0.2, 0.25) is 0 Å². The highest BCUT2D eigenvalue weighted by Gasteiger charge is 2.31. The molecule has 7 heteroatoms. The van der Waals surface area contributed by atoms with E-state index in [-0.39, 0.29) is 12.5 Å². The maximum absolute atomic E-state index is 12.4. The lowest BCUT2D eigenvalue weighted by Gasteiger charge is -2.33. The minimum Gasteiger partial charge on any atom is -0.392 e. The Labute approximate surface area is 155 Å². The summed E-state index contributed by atoms with van der Waals surface area (Å²) in [7, 11) is -0.278. The van der Waals surface area contributed by atoms with Crippen LogP contribution in [0.5, 0.6) is 0 Å². The van der Waals surface area contributed by atoms with Gasteiger partial charge in [0, 0.05) is 44.4 Å². The van der Waals surface area contributed by atoms with Gasteiger partial charge in [-0.15, -0.1) is 0 Å². The maximum Gasteiger partial charge on any atom is 0.281 e. The fourth-order valence-electron chi connectivity index (χ4n) is 3.29. The molecule has 0 aliphatic carbocycles. The molecule has 1 aliphatic heterocycles. The van der Waals surface area contributed by atoms with E-state index < -0.39 is 10.2 Å². The van der Waals surface area contributed by atoms with Crippen molar-refractivity contribution in [2.45, 2.75) is 25.4 Å². The zero-order valence-electron chi connectivity index (χ0n) is 15.2. The molecule has 1 unspecified atom stereocenters. The molecule has 0 spiro atoms. The lowest BCUT2D eigenvalue weighted by Crippen LogP contribution is -2.45. The van der Waals surface area contributed by atoms with Crippen molar-refractivity contribution in [1.29, 1.82) is 0 Å². The number of nitrogens with zero attached hydrogens (tertiary/aromatic N) is 3. The third-order valence-corrected chi connectivity index (χ3v) is 6.67. The van der Waals surface area contributed by atoms with Crippen molar-refractivity contribution in [1.82, 2.24) is 13.6 Å². The molecule has 1 aromatic carbocycles. The fourth-order valence-corrected chi connectivity index (χ4v) is 4.48. The summed E-state index contributed by atoms with van der Waals surface area (Å²) in [5.74, 6) is 0.0828. The molecule has 1 aliphatic rings. The molecule has 2 heterocycles. The summed E-state index contributed by atoms with van der Waals surface area (Å²) in [4.78, 5) is 4.79. The van der Waals surface area contributed by atoms with Crippen LogP contribution in [0, 0.1) is 0 Å². The van der Waals surface area contributed by atoms with Gasteiger partial charge in [0.15, 0.2) is 0 Å². The quantitative estimate of drug-likeness (QED) is 0.870. The van der Waals surface area contributed by atoms with Crippen molar-refractivity contribution >= 4 is 10.2 Å². The Balaban J connectivity index is 1.86. The van der Waals surface area contributed by atoms with Gasteiger partial charge in [0.1, 0.15) is 0 Å². The van der Waals surface area contributed by atoms with Gasteiger partial charge in [-0.2, -0.15) is 17.0 Å². The first-order chi connectivity index (χ1) is 12.4. The van der Waals surface area contributed by atoms with Crippen LogP contribution in [0.4, 0.5) is 0 Å². The number of pyridine rings is 1. The topological polar surface area (TPSA) is 73.7 Å². The van der Waals surface area contributed by atoms with Crippen LogP contribution in [0.1, 0.15) is 30.0 Å². The summed E-state index contributed by atoms with van der Waals surface area (Å²) >= 11 is 0. The molecule has 6 nitrogen and oxygen atoms in total. The number of aliphatic hydroxyl groups excluding tert-OH is 1. The third-order valence-electron chi connectivity index (χ3n) is 4.77. The number of hydrogen-bond donors (Lipinski definition) is 1. The van der Waals surface area contributed by atoms with Gasteiger partial charge in [-0.05, 0) is 36.6 Å². The van der Waals surface area contributed by atoms with Crippen LogP contribution in [0.15, 0.2) is 42.5 Å². The SMILES string of the molecule is CN(C)S(=O)(=O)N1CCCC(c2cccc(-c3cccc(CO)c3)n2)C1. The van der Waals surface area contributed by atoms with Crippen molar-refractivity contribution in [3.05, 3.63) is 53.7 Å². The van der Waals surface area contributed by atoms with E-state index >= 15 is 0 Å². The average Bonchev–Trinajstić information content (AvgIpc) is 2.68. The first-order valence-corrected chi connectivity index (χ1v) is 10.2. The molecule has 1 N–H and O–H groups in total. The number of benzene rings is 1. The molecule has 0 bridgehead atoms. The summed E-state index contributed by atoms with van der Waals surface area (Å²) in [5.41, 5.74) is 3.54. The van der Waals surface area contributed by atoms with Crippen LogP contribution in [0.25, 0.3) is 11.3 Å². The number of hydrogen-bond acceptors (Lipinski definition) is 4. The van der Waals surface area contributed by atoms with E-state index in [1.54, 1.807) is 18.4 Å². The molecular formula is C19H25N3O3S. The standard InChI is InChI=1S/C19H25N3O3S/c1-21(2)26(24,25)22-11-5-8-17(13-22)19-10-4-9-18(20-19)16-7-3-6-15(12-16)14-23/h3-4,6-7,9-10,12,17,23H,5,8,11,13-14H2,1-2H3. The van der Waals surface area contributed by atoms with Crippen molar-refractivity contribution in [2.75, 3.05) is 27.2 Å². The Morgan fingerprint density at radius 1 is 1.23 bits per heavy atom. The van der Waals surface area contributed by atoms with E-state index in [0.29, 0.717) is 13.1 Å². The lowest BCUT2D eigenvalue weighted by atomic mass is 9.95. The highest BCUT2D eigenvalue weighted by Crippen LogP contribution is 2.29. The van der Waals surface area contributed by atoms with Crippen LogP contribution in [0.3, 0.4) is 0 Å². The predicted octanol–water partition coefficient (Wildman–Crippen LogP) is 2.23. The minimum atomic E-state index is -3.40. The van der Waals surface area contributed by atoms with Crippen LogP contribution < -0.4 is 0 Å². The number of aromatic nitrogens is 1. The van der Waals surface area contributed by atoms with E-state index in [0.717, 1.165) is 35.4 Å². The molecule has 0 amide bonds. The summed E-state index contributed by atoms with van der Waals surface area (Å²) in [6.07, 6.45) is 1.75. The van der Waals surface area contributed by atoms with Crippen LogP contribution in [-0.4, -0.2) is 54.3 Å². The molecule has 140 valence electrons. The minimum absolute atomic E-state index is 0.00644. The lowest BCUT2D eigenvalue weighted by molar-refractivity contribution is 0.282. The Morgan fingerprint density at radius 3 is 2.73 bits per heavy atom. The number of aliphatic hydroxyl groups is 1. The maximum atomic E-state index is 12.4. The van der Waals surface area contributed by atoms with Gasteiger partial charge in [0.05, 0.1) is 12.3 Å². The molecule has 1 saturated heterocycles. The average molecular weight is 375 g/mol. The van der Waals surface area contributed by atoms with E-state index in [9.17, 15) is 13.5 Å².